The molecule has 6 nitrogen and oxygen atoms in total. The van der Waals surface area contributed by atoms with Gasteiger partial charge in [0.05, 0.1) is 11.1 Å². The maximum atomic E-state index is 12.6. The summed E-state index contributed by atoms with van der Waals surface area (Å²) in [5.41, 5.74) is -5.13. The van der Waals surface area contributed by atoms with Gasteiger partial charge in [0.2, 0.25) is 0 Å². The number of carbonyl (C=O) groups is 2. The first kappa shape index (κ1) is 19.3. The molecule has 2 aromatic carbocycles. The van der Waals surface area contributed by atoms with Crippen molar-refractivity contribution in [3.8, 4) is 0 Å². The predicted molar refractivity (Wildman–Crippen MR) is 89.0 cm³/mol. The normalized spacial score (nSPS) is 15.1. The first-order valence-electron chi connectivity index (χ1n) is 7.88. The first-order chi connectivity index (χ1) is 12.4. The number of hydrogen-bond acceptors (Lipinski definition) is 5. The van der Waals surface area contributed by atoms with Crippen LogP contribution in [0.1, 0.15) is 40.1 Å². The molecule has 0 saturated heterocycles. The summed E-state index contributed by atoms with van der Waals surface area (Å²) in [4.78, 5) is 25.0. The third-order valence-corrected chi connectivity index (χ3v) is 4.96. The van der Waals surface area contributed by atoms with Crippen molar-refractivity contribution in [1.82, 2.24) is 5.06 Å². The molecule has 0 bridgehead atoms. The topological polar surface area (TPSA) is 80.8 Å². The van der Waals surface area contributed by atoms with Crippen molar-refractivity contribution >= 4 is 32.7 Å². The van der Waals surface area contributed by atoms with Crippen LogP contribution in [0.5, 0.6) is 0 Å². The van der Waals surface area contributed by atoms with Gasteiger partial charge in [-0.2, -0.15) is 21.6 Å². The summed E-state index contributed by atoms with van der Waals surface area (Å²) in [5.74, 6) is -2.26. The average molecular weight is 401 g/mol. The van der Waals surface area contributed by atoms with Gasteiger partial charge < -0.3 is 0 Å². The molecule has 0 radical (unpaired) electrons. The van der Waals surface area contributed by atoms with Crippen LogP contribution < -0.4 is 0 Å². The van der Waals surface area contributed by atoms with Gasteiger partial charge in [0, 0.05) is 5.39 Å². The Bertz CT molecular complexity index is 1040. The van der Waals surface area contributed by atoms with Crippen LogP contribution in [0.2, 0.25) is 0 Å². The summed E-state index contributed by atoms with van der Waals surface area (Å²) in [6.45, 7) is 3.98. The van der Waals surface area contributed by atoms with E-state index in [9.17, 15) is 31.2 Å². The monoisotopic (exact) mass is 401 g/mol. The molecule has 0 aliphatic carbocycles. The third kappa shape index (κ3) is 3.19. The summed E-state index contributed by atoms with van der Waals surface area (Å²) in [6, 6.07) is 7.50. The molecule has 2 amide bonds. The van der Waals surface area contributed by atoms with Crippen molar-refractivity contribution in [3.05, 3.63) is 47.0 Å². The van der Waals surface area contributed by atoms with Gasteiger partial charge in [-0.05, 0) is 35.4 Å². The van der Waals surface area contributed by atoms with Crippen molar-refractivity contribution in [1.29, 1.82) is 0 Å². The van der Waals surface area contributed by atoms with Gasteiger partial charge in [0.1, 0.15) is 0 Å². The summed E-state index contributed by atoms with van der Waals surface area (Å²) < 4.78 is 64.1. The lowest BCUT2D eigenvalue weighted by Crippen LogP contribution is -2.44. The summed E-state index contributed by atoms with van der Waals surface area (Å²) >= 11 is 0. The van der Waals surface area contributed by atoms with E-state index in [1.165, 1.54) is 18.2 Å². The Hall–Kier alpha value is -2.46. The highest BCUT2D eigenvalue weighted by atomic mass is 32.2. The second kappa shape index (κ2) is 6.31. The number of hydroxylamine groups is 2. The molecule has 0 fully saturated rings. The Balaban J connectivity index is 2.15. The lowest BCUT2D eigenvalue weighted by Gasteiger charge is -2.26. The third-order valence-electron chi connectivity index (χ3n) is 4.04. The van der Waals surface area contributed by atoms with Crippen LogP contribution in [0.15, 0.2) is 30.3 Å². The van der Waals surface area contributed by atoms with Gasteiger partial charge in [-0.25, -0.2) is 0 Å². The van der Waals surface area contributed by atoms with E-state index in [1.807, 2.05) is 13.8 Å². The van der Waals surface area contributed by atoms with Gasteiger partial charge in [-0.1, -0.05) is 32.0 Å². The molecular weight excluding hydrogens is 387 g/mol. The van der Waals surface area contributed by atoms with Crippen LogP contribution in [0, 0.1) is 5.92 Å². The van der Waals surface area contributed by atoms with E-state index < -0.39 is 27.4 Å². The van der Waals surface area contributed by atoms with Crippen LogP contribution in [0.4, 0.5) is 13.2 Å². The lowest BCUT2D eigenvalue weighted by atomic mass is 9.89. The predicted octanol–water partition coefficient (Wildman–Crippen LogP) is 3.42. The lowest BCUT2D eigenvalue weighted by molar-refractivity contribution is -0.0761. The highest BCUT2D eigenvalue weighted by Gasteiger charge is 2.51. The van der Waals surface area contributed by atoms with Crippen molar-refractivity contribution in [2.24, 2.45) is 5.92 Å². The summed E-state index contributed by atoms with van der Waals surface area (Å²) in [7, 11) is -6.17. The largest absolute Gasteiger partial charge is 0.525 e. The Morgan fingerprint density at radius 1 is 1.04 bits per heavy atom. The Labute approximate surface area is 152 Å². The molecule has 0 atom stereocenters. The van der Waals surface area contributed by atoms with Gasteiger partial charge >= 0.3 is 15.6 Å². The molecule has 10 heteroatoms. The first-order valence-corrected chi connectivity index (χ1v) is 9.29. The van der Waals surface area contributed by atoms with Crippen LogP contribution in [-0.2, 0) is 20.8 Å². The van der Waals surface area contributed by atoms with Crippen LogP contribution >= 0.6 is 0 Å². The number of carbonyl (C=O) groups excluding carboxylic acids is 2. The fourth-order valence-corrected chi connectivity index (χ4v) is 3.38. The SMILES string of the molecule is CC(C)Cc1ccc2c3c(cccc13)C(=O)N(OS(=O)(=O)C(F)(F)F)C2=O. The quantitative estimate of drug-likeness (QED) is 0.579. The maximum Gasteiger partial charge on any atom is 0.525 e. The van der Waals surface area contributed by atoms with Crippen molar-refractivity contribution in [2.75, 3.05) is 0 Å². The number of rotatable bonds is 4. The molecule has 0 saturated carbocycles. The maximum absolute atomic E-state index is 12.6. The Morgan fingerprint density at radius 2 is 1.63 bits per heavy atom. The zero-order chi connectivity index (χ0) is 20.1. The van der Waals surface area contributed by atoms with E-state index in [2.05, 4.69) is 4.28 Å². The number of alkyl halides is 3. The standard InChI is InChI=1S/C17H14F3NO5S/c1-9(2)8-10-6-7-13-14-11(10)4-3-5-12(14)15(22)21(16(13)23)26-27(24,25)17(18,19)20/h3-7,9H,8H2,1-2H3. The van der Waals surface area contributed by atoms with E-state index in [1.54, 1.807) is 12.1 Å². The minimum absolute atomic E-state index is 0.106. The van der Waals surface area contributed by atoms with Gasteiger partial charge in [0.25, 0.3) is 11.8 Å². The molecule has 3 rings (SSSR count). The van der Waals surface area contributed by atoms with E-state index >= 15 is 0 Å². The van der Waals surface area contributed by atoms with Crippen LogP contribution in [0.25, 0.3) is 10.8 Å². The molecule has 27 heavy (non-hydrogen) atoms. The fourth-order valence-electron chi connectivity index (χ4n) is 2.96. The highest BCUT2D eigenvalue weighted by Crippen LogP contribution is 2.35. The number of halogens is 3. The molecule has 0 aromatic heterocycles. The van der Waals surface area contributed by atoms with E-state index in [-0.39, 0.29) is 27.5 Å². The second-order valence-corrected chi connectivity index (χ2v) is 8.00. The number of amides is 2. The summed E-state index contributed by atoms with van der Waals surface area (Å²) in [6.07, 6.45) is 0.658. The van der Waals surface area contributed by atoms with Crippen molar-refractivity contribution in [3.63, 3.8) is 0 Å². The number of nitrogens with zero attached hydrogens (tertiary/aromatic N) is 1. The molecule has 2 aromatic rings. The molecule has 144 valence electrons. The van der Waals surface area contributed by atoms with Gasteiger partial charge in [0.15, 0.2) is 0 Å². The van der Waals surface area contributed by atoms with Gasteiger partial charge in [-0.15, -0.1) is 9.35 Å². The van der Waals surface area contributed by atoms with E-state index in [0.717, 1.165) is 5.56 Å². The molecule has 1 heterocycles. The molecule has 0 N–H and O–H groups in total. The van der Waals surface area contributed by atoms with E-state index in [0.29, 0.717) is 11.8 Å². The fraction of sp³-hybridized carbons (Fsp3) is 0.294. The number of hydrogen-bond donors (Lipinski definition) is 0. The average Bonchev–Trinajstić information content (AvgIpc) is 2.56. The molecule has 1 aliphatic heterocycles. The zero-order valence-corrected chi connectivity index (χ0v) is 15.0. The second-order valence-electron chi connectivity index (χ2n) is 6.48. The molecule has 1 aliphatic rings. The smallest absolute Gasteiger partial charge is 0.266 e. The molecule has 0 spiro atoms. The highest BCUT2D eigenvalue weighted by molar-refractivity contribution is 7.87. The van der Waals surface area contributed by atoms with Gasteiger partial charge in [-0.3, -0.25) is 9.59 Å². The van der Waals surface area contributed by atoms with Crippen LogP contribution in [0.3, 0.4) is 0 Å². The number of benzene rings is 2. The minimum Gasteiger partial charge on any atom is -0.266 e. The Kier molecular flexibility index (Phi) is 4.51. The Morgan fingerprint density at radius 3 is 2.19 bits per heavy atom. The summed E-state index contributed by atoms with van der Waals surface area (Å²) in [5, 5.41) is 0.524. The molecule has 0 unspecified atom stereocenters. The van der Waals surface area contributed by atoms with Crippen molar-refractivity contribution in [2.45, 2.75) is 25.8 Å². The van der Waals surface area contributed by atoms with Crippen LogP contribution in [-0.4, -0.2) is 30.8 Å². The van der Waals surface area contributed by atoms with E-state index in [4.69, 9.17) is 0 Å². The zero-order valence-electron chi connectivity index (χ0n) is 14.2. The molecular formula is C17H14F3NO5S. The minimum atomic E-state index is -6.17. The number of imide groups is 1. The van der Waals surface area contributed by atoms with Crippen molar-refractivity contribution < 1.29 is 35.5 Å².